The number of nitrogens with two attached hydrogens (primary N) is 1. The molecule has 1 aromatic heterocycles. The normalized spacial score (nSPS) is 10.8. The number of fused-ring (bicyclic) bond motifs is 1. The molecule has 26 heavy (non-hydrogen) atoms. The molecule has 0 aliphatic carbocycles. The number of nitrogens with zero attached hydrogens (tertiary/aromatic N) is 2. The van der Waals surface area contributed by atoms with E-state index in [0.717, 1.165) is 39.0 Å². The van der Waals surface area contributed by atoms with Gasteiger partial charge >= 0.3 is 0 Å². The van der Waals surface area contributed by atoms with E-state index in [0.29, 0.717) is 5.56 Å². The molecule has 1 heterocycles. The van der Waals surface area contributed by atoms with Gasteiger partial charge < -0.3 is 10.3 Å². The third-order valence-corrected chi connectivity index (χ3v) is 4.70. The highest BCUT2D eigenvalue weighted by atomic mass is 19.1. The minimum Gasteiger partial charge on any atom is -0.398 e. The SMILES string of the molecule is Cc1c(N)cccc1-c1cn(-c2ccc(F)cc2)c2ccc(C#N)cc12. The average molecular weight is 341 g/mol. The molecule has 4 rings (SSSR count). The molecule has 0 radical (unpaired) electrons. The summed E-state index contributed by atoms with van der Waals surface area (Å²) >= 11 is 0. The van der Waals surface area contributed by atoms with E-state index in [4.69, 9.17) is 5.73 Å². The van der Waals surface area contributed by atoms with Crippen LogP contribution in [0.3, 0.4) is 0 Å². The van der Waals surface area contributed by atoms with Gasteiger partial charge in [0, 0.05) is 28.5 Å². The molecule has 4 aromatic rings. The molecule has 0 aliphatic heterocycles. The van der Waals surface area contributed by atoms with Crippen molar-refractivity contribution in [3.8, 4) is 22.9 Å². The summed E-state index contributed by atoms with van der Waals surface area (Å²) in [4.78, 5) is 0. The Morgan fingerprint density at radius 1 is 1.00 bits per heavy atom. The van der Waals surface area contributed by atoms with Crippen LogP contribution in [0.4, 0.5) is 10.1 Å². The third-order valence-electron chi connectivity index (χ3n) is 4.70. The molecule has 0 atom stereocenters. The number of aromatic nitrogens is 1. The largest absolute Gasteiger partial charge is 0.398 e. The summed E-state index contributed by atoms with van der Waals surface area (Å²) in [5, 5.41) is 10.3. The van der Waals surface area contributed by atoms with E-state index in [1.54, 1.807) is 18.2 Å². The monoisotopic (exact) mass is 341 g/mol. The summed E-state index contributed by atoms with van der Waals surface area (Å²) in [5.41, 5.74) is 12.2. The summed E-state index contributed by atoms with van der Waals surface area (Å²) in [5.74, 6) is -0.274. The number of anilines is 1. The summed E-state index contributed by atoms with van der Waals surface area (Å²) in [7, 11) is 0. The maximum atomic E-state index is 13.3. The lowest BCUT2D eigenvalue weighted by molar-refractivity contribution is 0.627. The van der Waals surface area contributed by atoms with Crippen LogP contribution in [0.2, 0.25) is 0 Å². The first-order valence-electron chi connectivity index (χ1n) is 8.25. The van der Waals surface area contributed by atoms with E-state index in [-0.39, 0.29) is 5.82 Å². The van der Waals surface area contributed by atoms with Gasteiger partial charge in [-0.25, -0.2) is 4.39 Å². The predicted molar refractivity (Wildman–Crippen MR) is 103 cm³/mol. The smallest absolute Gasteiger partial charge is 0.123 e. The van der Waals surface area contributed by atoms with E-state index in [9.17, 15) is 9.65 Å². The first-order chi connectivity index (χ1) is 12.6. The van der Waals surface area contributed by atoms with Gasteiger partial charge in [-0.2, -0.15) is 5.26 Å². The average Bonchev–Trinajstić information content (AvgIpc) is 3.03. The molecule has 0 unspecified atom stereocenters. The fraction of sp³-hybridized carbons (Fsp3) is 0.0455. The highest BCUT2D eigenvalue weighted by Gasteiger charge is 2.15. The zero-order chi connectivity index (χ0) is 18.3. The van der Waals surface area contributed by atoms with E-state index < -0.39 is 0 Å². The van der Waals surface area contributed by atoms with Crippen molar-refractivity contribution in [3.63, 3.8) is 0 Å². The molecule has 3 nitrogen and oxygen atoms in total. The number of nitriles is 1. The molecule has 0 fully saturated rings. The Kier molecular flexibility index (Phi) is 3.70. The minimum atomic E-state index is -0.274. The van der Waals surface area contributed by atoms with Crippen molar-refractivity contribution in [2.24, 2.45) is 0 Å². The molecule has 0 bridgehead atoms. The molecule has 0 saturated heterocycles. The number of benzene rings is 3. The van der Waals surface area contributed by atoms with Gasteiger partial charge in [-0.3, -0.25) is 0 Å². The fourth-order valence-corrected chi connectivity index (χ4v) is 3.27. The Bertz CT molecular complexity index is 1160. The van der Waals surface area contributed by atoms with Gasteiger partial charge in [0.25, 0.3) is 0 Å². The van der Waals surface area contributed by atoms with E-state index in [1.807, 2.05) is 48.0 Å². The van der Waals surface area contributed by atoms with E-state index in [1.165, 1.54) is 12.1 Å². The number of hydrogen-bond acceptors (Lipinski definition) is 2. The van der Waals surface area contributed by atoms with Gasteiger partial charge in [0.05, 0.1) is 17.1 Å². The van der Waals surface area contributed by atoms with Crippen molar-refractivity contribution < 1.29 is 4.39 Å². The van der Waals surface area contributed by atoms with Crippen LogP contribution in [0.1, 0.15) is 11.1 Å². The lowest BCUT2D eigenvalue weighted by atomic mass is 9.98. The fourth-order valence-electron chi connectivity index (χ4n) is 3.27. The molecule has 0 spiro atoms. The second-order valence-corrected chi connectivity index (χ2v) is 6.25. The van der Waals surface area contributed by atoms with Crippen molar-refractivity contribution >= 4 is 16.6 Å². The van der Waals surface area contributed by atoms with Gasteiger partial charge in [0.15, 0.2) is 0 Å². The van der Waals surface area contributed by atoms with Crippen molar-refractivity contribution in [1.29, 1.82) is 5.26 Å². The number of halogens is 1. The quantitative estimate of drug-likeness (QED) is 0.510. The molecule has 0 amide bonds. The lowest BCUT2D eigenvalue weighted by Crippen LogP contribution is -1.92. The van der Waals surface area contributed by atoms with Crippen LogP contribution in [0.15, 0.2) is 66.9 Å². The van der Waals surface area contributed by atoms with Crippen LogP contribution in [0, 0.1) is 24.1 Å². The molecule has 4 heteroatoms. The van der Waals surface area contributed by atoms with Gasteiger partial charge in [-0.1, -0.05) is 12.1 Å². The standard InChI is InChI=1S/C22H16FN3/c1-14-18(3-2-4-21(14)25)20-13-26(17-8-6-16(23)7-9-17)22-10-5-15(12-24)11-19(20)22/h2-11,13H,25H2,1H3. The third kappa shape index (κ3) is 2.51. The van der Waals surface area contributed by atoms with Crippen molar-refractivity contribution in [3.05, 3.63) is 83.8 Å². The van der Waals surface area contributed by atoms with Crippen molar-refractivity contribution in [1.82, 2.24) is 4.57 Å². The highest BCUT2D eigenvalue weighted by Crippen LogP contribution is 2.36. The molecule has 3 aromatic carbocycles. The zero-order valence-corrected chi connectivity index (χ0v) is 14.2. The summed E-state index contributed by atoms with van der Waals surface area (Å²) in [6, 6.07) is 20.0. The minimum absolute atomic E-state index is 0.274. The summed E-state index contributed by atoms with van der Waals surface area (Å²) < 4.78 is 15.3. The van der Waals surface area contributed by atoms with Crippen LogP contribution in [0.25, 0.3) is 27.7 Å². The molecular formula is C22H16FN3. The highest BCUT2D eigenvalue weighted by molar-refractivity contribution is 5.99. The van der Waals surface area contributed by atoms with Crippen molar-refractivity contribution in [2.75, 3.05) is 5.73 Å². The molecule has 2 N–H and O–H groups in total. The van der Waals surface area contributed by atoms with Crippen molar-refractivity contribution in [2.45, 2.75) is 6.92 Å². The predicted octanol–water partition coefficient (Wildman–Crippen LogP) is 5.20. The molecular weight excluding hydrogens is 325 g/mol. The summed E-state index contributed by atoms with van der Waals surface area (Å²) in [6.07, 6.45) is 2.01. The van der Waals surface area contributed by atoms with Gasteiger partial charge in [0.1, 0.15) is 5.82 Å². The van der Waals surface area contributed by atoms with E-state index in [2.05, 4.69) is 6.07 Å². The maximum Gasteiger partial charge on any atom is 0.123 e. The second kappa shape index (κ2) is 6.05. The molecule has 0 saturated carbocycles. The molecule has 0 aliphatic rings. The Labute approximate surface area is 150 Å². The van der Waals surface area contributed by atoms with Gasteiger partial charge in [-0.15, -0.1) is 0 Å². The Morgan fingerprint density at radius 3 is 2.50 bits per heavy atom. The van der Waals surface area contributed by atoms with Crippen LogP contribution in [-0.4, -0.2) is 4.57 Å². The second-order valence-electron chi connectivity index (χ2n) is 6.25. The van der Waals surface area contributed by atoms with Crippen LogP contribution in [0.5, 0.6) is 0 Å². The van der Waals surface area contributed by atoms with Crippen LogP contribution in [-0.2, 0) is 0 Å². The van der Waals surface area contributed by atoms with E-state index >= 15 is 0 Å². The number of nitrogen functional groups attached to an aromatic ring is 1. The van der Waals surface area contributed by atoms with Crippen LogP contribution >= 0.6 is 0 Å². The summed E-state index contributed by atoms with van der Waals surface area (Å²) in [6.45, 7) is 1.99. The topological polar surface area (TPSA) is 54.7 Å². The van der Waals surface area contributed by atoms with Gasteiger partial charge in [-0.05, 0) is 66.6 Å². The molecule has 126 valence electrons. The maximum absolute atomic E-state index is 13.3. The zero-order valence-electron chi connectivity index (χ0n) is 14.2. The first-order valence-corrected chi connectivity index (χ1v) is 8.25. The Hall–Kier alpha value is -3.58. The van der Waals surface area contributed by atoms with Crippen LogP contribution < -0.4 is 5.73 Å². The lowest BCUT2D eigenvalue weighted by Gasteiger charge is -2.07. The number of rotatable bonds is 2. The Balaban J connectivity index is 2.05. The van der Waals surface area contributed by atoms with Gasteiger partial charge in [0.2, 0.25) is 0 Å². The number of hydrogen-bond donors (Lipinski definition) is 1. The Morgan fingerprint density at radius 2 is 1.77 bits per heavy atom. The first kappa shape index (κ1) is 15.9.